The molecule has 0 aliphatic carbocycles. The topological polar surface area (TPSA) is 76.2 Å². The molecule has 2 unspecified atom stereocenters. The molecule has 0 saturated carbocycles. The fourth-order valence-corrected chi connectivity index (χ4v) is 3.45. The molecule has 1 aliphatic heterocycles. The van der Waals surface area contributed by atoms with Crippen molar-refractivity contribution in [2.75, 3.05) is 0 Å². The molecule has 1 aromatic heterocycles. The summed E-state index contributed by atoms with van der Waals surface area (Å²) >= 11 is 7.69. The number of thioether (sulfide) groups is 1. The predicted molar refractivity (Wildman–Crippen MR) is 99.4 cm³/mol. The summed E-state index contributed by atoms with van der Waals surface area (Å²) in [5, 5.41) is 3.97. The van der Waals surface area contributed by atoms with Gasteiger partial charge in [-0.15, -0.1) is 0 Å². The van der Waals surface area contributed by atoms with E-state index in [1.165, 1.54) is 6.07 Å². The first kappa shape index (κ1) is 18.1. The smallest absolute Gasteiger partial charge is 0.188 e. The van der Waals surface area contributed by atoms with Gasteiger partial charge in [0.15, 0.2) is 5.16 Å². The van der Waals surface area contributed by atoms with Crippen molar-refractivity contribution in [2.24, 2.45) is 10.7 Å². The van der Waals surface area contributed by atoms with Gasteiger partial charge in [0.05, 0.1) is 10.6 Å². The lowest BCUT2D eigenvalue weighted by Gasteiger charge is -2.17. The van der Waals surface area contributed by atoms with Gasteiger partial charge in [0.1, 0.15) is 23.9 Å². The molecule has 0 radical (unpaired) electrons. The summed E-state index contributed by atoms with van der Waals surface area (Å²) in [6.07, 6.45) is 2.92. The quantitative estimate of drug-likeness (QED) is 0.630. The van der Waals surface area contributed by atoms with Gasteiger partial charge in [-0.1, -0.05) is 50.2 Å². The van der Waals surface area contributed by atoms with Crippen molar-refractivity contribution in [1.82, 2.24) is 15.3 Å². The standard InChI is InChI=1S/C17H19ClFN5S/c1-17(2,3)25-16-21-7-9(8-22-16)13-14(20)24-15(23-13)12-10(18)5-4-6-11(12)19/h4-8,13-14H,20H2,1-3H3,(H,23,24). The highest BCUT2D eigenvalue weighted by Crippen LogP contribution is 2.31. The van der Waals surface area contributed by atoms with Gasteiger partial charge in [-0.2, -0.15) is 0 Å². The summed E-state index contributed by atoms with van der Waals surface area (Å²) in [7, 11) is 0. The third kappa shape index (κ3) is 4.11. The van der Waals surface area contributed by atoms with Crippen LogP contribution in [0.1, 0.15) is 37.9 Å². The number of amidine groups is 1. The summed E-state index contributed by atoms with van der Waals surface area (Å²) in [5.74, 6) is -0.103. The van der Waals surface area contributed by atoms with Crippen LogP contribution in [0.15, 0.2) is 40.7 Å². The van der Waals surface area contributed by atoms with E-state index in [2.05, 4.69) is 41.0 Å². The molecule has 132 valence electrons. The van der Waals surface area contributed by atoms with Gasteiger partial charge in [0.2, 0.25) is 0 Å². The Hall–Kier alpha value is -1.70. The molecule has 3 rings (SSSR count). The molecular weight excluding hydrogens is 361 g/mol. The molecule has 0 amide bonds. The Bertz CT molecular complexity index is 783. The van der Waals surface area contributed by atoms with Crippen LogP contribution in [0.4, 0.5) is 4.39 Å². The minimum absolute atomic E-state index is 0.0275. The molecule has 0 saturated heterocycles. The SMILES string of the molecule is CC(C)(C)Sc1ncc(C2N=C(c3c(F)cccc3Cl)NC2N)cn1. The minimum atomic E-state index is -0.504. The van der Waals surface area contributed by atoms with Crippen LogP contribution in [0, 0.1) is 5.82 Å². The molecule has 0 fully saturated rings. The van der Waals surface area contributed by atoms with E-state index in [1.807, 2.05) is 0 Å². The van der Waals surface area contributed by atoms with Crippen molar-refractivity contribution in [3.8, 4) is 0 Å². The third-order valence-electron chi connectivity index (χ3n) is 3.50. The zero-order valence-corrected chi connectivity index (χ0v) is 15.7. The molecule has 1 aliphatic rings. The number of aliphatic imine (C=N–C) groups is 1. The second kappa shape index (κ2) is 6.90. The summed E-state index contributed by atoms with van der Waals surface area (Å²) in [6.45, 7) is 6.29. The Kier molecular flexibility index (Phi) is 4.99. The van der Waals surface area contributed by atoms with Gasteiger partial charge in [0.25, 0.3) is 0 Å². The van der Waals surface area contributed by atoms with E-state index in [0.29, 0.717) is 11.0 Å². The van der Waals surface area contributed by atoms with E-state index < -0.39 is 18.0 Å². The lowest BCUT2D eigenvalue weighted by molar-refractivity contribution is 0.558. The van der Waals surface area contributed by atoms with Gasteiger partial charge >= 0.3 is 0 Å². The first-order valence-corrected chi connectivity index (χ1v) is 8.99. The molecule has 1 aromatic carbocycles. The maximum absolute atomic E-state index is 14.1. The lowest BCUT2D eigenvalue weighted by Crippen LogP contribution is -2.39. The first-order valence-electron chi connectivity index (χ1n) is 7.80. The second-order valence-corrected chi connectivity index (χ2v) is 8.90. The van der Waals surface area contributed by atoms with E-state index in [9.17, 15) is 4.39 Å². The number of hydrogen-bond donors (Lipinski definition) is 2. The number of halogens is 2. The normalized spacial score (nSPS) is 20.3. The molecule has 0 spiro atoms. The highest BCUT2D eigenvalue weighted by Gasteiger charge is 2.30. The van der Waals surface area contributed by atoms with Crippen LogP contribution in [-0.4, -0.2) is 26.7 Å². The predicted octanol–water partition coefficient (Wildman–Crippen LogP) is 3.54. The average Bonchev–Trinajstić information content (AvgIpc) is 2.88. The highest BCUT2D eigenvalue weighted by molar-refractivity contribution is 8.00. The lowest BCUT2D eigenvalue weighted by atomic mass is 10.1. The molecule has 0 bridgehead atoms. The molecule has 3 N–H and O–H groups in total. The number of hydrogen-bond acceptors (Lipinski definition) is 6. The Morgan fingerprint density at radius 1 is 1.24 bits per heavy atom. The maximum atomic E-state index is 14.1. The van der Waals surface area contributed by atoms with Crippen molar-refractivity contribution in [1.29, 1.82) is 0 Å². The van der Waals surface area contributed by atoms with Crippen molar-refractivity contribution in [3.05, 3.63) is 52.6 Å². The maximum Gasteiger partial charge on any atom is 0.188 e. The molecule has 25 heavy (non-hydrogen) atoms. The monoisotopic (exact) mass is 379 g/mol. The van der Waals surface area contributed by atoms with E-state index in [0.717, 1.165) is 5.56 Å². The Balaban J connectivity index is 1.87. The number of nitrogens with one attached hydrogen (secondary N) is 1. The van der Waals surface area contributed by atoms with Crippen molar-refractivity contribution < 1.29 is 4.39 Å². The van der Waals surface area contributed by atoms with Crippen LogP contribution in [-0.2, 0) is 0 Å². The van der Waals surface area contributed by atoms with E-state index in [4.69, 9.17) is 17.3 Å². The zero-order valence-electron chi connectivity index (χ0n) is 14.1. The van der Waals surface area contributed by atoms with Gasteiger partial charge in [0, 0.05) is 22.7 Å². The number of nitrogens with two attached hydrogens (primary N) is 1. The van der Waals surface area contributed by atoms with Gasteiger partial charge in [-0.25, -0.2) is 14.4 Å². The number of nitrogens with zero attached hydrogens (tertiary/aromatic N) is 3. The van der Waals surface area contributed by atoms with Crippen LogP contribution >= 0.6 is 23.4 Å². The Morgan fingerprint density at radius 3 is 2.52 bits per heavy atom. The number of benzene rings is 1. The van der Waals surface area contributed by atoms with E-state index in [1.54, 1.807) is 36.3 Å². The van der Waals surface area contributed by atoms with Gasteiger partial charge in [-0.05, 0) is 12.1 Å². The van der Waals surface area contributed by atoms with Crippen molar-refractivity contribution >= 4 is 29.2 Å². The number of aromatic nitrogens is 2. The largest absolute Gasteiger partial charge is 0.352 e. The van der Waals surface area contributed by atoms with E-state index >= 15 is 0 Å². The van der Waals surface area contributed by atoms with Crippen LogP contribution in [0.3, 0.4) is 0 Å². The summed E-state index contributed by atoms with van der Waals surface area (Å²) < 4.78 is 14.1. The molecular formula is C17H19ClFN5S. The molecule has 2 atom stereocenters. The Labute approximate surface area is 155 Å². The number of rotatable bonds is 3. The Morgan fingerprint density at radius 2 is 1.92 bits per heavy atom. The second-order valence-electron chi connectivity index (χ2n) is 6.70. The molecule has 5 nitrogen and oxygen atoms in total. The van der Waals surface area contributed by atoms with Crippen molar-refractivity contribution in [3.63, 3.8) is 0 Å². The minimum Gasteiger partial charge on any atom is -0.352 e. The van der Waals surface area contributed by atoms with Crippen LogP contribution in [0.25, 0.3) is 0 Å². The van der Waals surface area contributed by atoms with E-state index in [-0.39, 0.29) is 15.3 Å². The highest BCUT2D eigenvalue weighted by atomic mass is 35.5. The van der Waals surface area contributed by atoms with Gasteiger partial charge in [-0.3, -0.25) is 4.99 Å². The first-order chi connectivity index (χ1) is 11.7. The van der Waals surface area contributed by atoms with Crippen molar-refractivity contribution in [2.45, 2.75) is 42.9 Å². The summed E-state index contributed by atoms with van der Waals surface area (Å²) in [6, 6.07) is 4.10. The molecule has 2 aromatic rings. The summed E-state index contributed by atoms with van der Waals surface area (Å²) in [5.41, 5.74) is 7.12. The van der Waals surface area contributed by atoms with Gasteiger partial charge < -0.3 is 11.1 Å². The summed E-state index contributed by atoms with van der Waals surface area (Å²) in [4.78, 5) is 13.3. The molecule has 8 heteroatoms. The van der Waals surface area contributed by atoms with Crippen LogP contribution in [0.5, 0.6) is 0 Å². The third-order valence-corrected chi connectivity index (χ3v) is 4.82. The molecule has 2 heterocycles. The van der Waals surface area contributed by atoms with Crippen LogP contribution in [0.2, 0.25) is 5.02 Å². The van der Waals surface area contributed by atoms with Crippen LogP contribution < -0.4 is 11.1 Å². The zero-order chi connectivity index (χ0) is 18.2. The average molecular weight is 380 g/mol. The fraction of sp³-hybridized carbons (Fsp3) is 0.353. The fourth-order valence-electron chi connectivity index (χ4n) is 2.44.